The number of carbonyl (C=O) groups excluding carboxylic acids is 4. The van der Waals surface area contributed by atoms with E-state index in [9.17, 15) is 19.2 Å². The van der Waals surface area contributed by atoms with Crippen LogP contribution in [0.15, 0.2) is 54.6 Å². The molecular formula is C34H49N3O6. The molecule has 2 amide bonds. The molecule has 0 aliphatic heterocycles. The minimum atomic E-state index is -0.807. The zero-order chi connectivity index (χ0) is 31.8. The minimum Gasteiger partial charge on any atom is -0.466 e. The van der Waals surface area contributed by atoms with Crippen molar-refractivity contribution in [3.63, 3.8) is 0 Å². The van der Waals surface area contributed by atoms with Crippen LogP contribution >= 0.6 is 0 Å². The lowest BCUT2D eigenvalue weighted by molar-refractivity contribution is -0.159. The highest BCUT2D eigenvalue weighted by Gasteiger charge is 2.27. The number of nitrogens with one attached hydrogen (secondary N) is 2. The molecule has 0 bridgehead atoms. The molecule has 0 aliphatic carbocycles. The maximum atomic E-state index is 13.0. The average molecular weight is 596 g/mol. The van der Waals surface area contributed by atoms with Crippen LogP contribution in [0.25, 0.3) is 11.1 Å². The van der Waals surface area contributed by atoms with Gasteiger partial charge in [-0.05, 0) is 83.0 Å². The minimum absolute atomic E-state index is 0.0626. The van der Waals surface area contributed by atoms with Crippen LogP contribution in [-0.2, 0) is 35.1 Å². The van der Waals surface area contributed by atoms with Crippen LogP contribution < -0.4 is 16.4 Å². The van der Waals surface area contributed by atoms with E-state index in [1.165, 1.54) is 0 Å². The number of ether oxygens (including phenoxy) is 2. The second kappa shape index (κ2) is 18.1. The highest BCUT2D eigenvalue weighted by atomic mass is 16.6. The van der Waals surface area contributed by atoms with Gasteiger partial charge in [-0.2, -0.15) is 0 Å². The third kappa shape index (κ3) is 13.9. The van der Waals surface area contributed by atoms with Crippen LogP contribution in [0, 0.1) is 5.92 Å². The van der Waals surface area contributed by atoms with E-state index in [2.05, 4.69) is 10.6 Å². The van der Waals surface area contributed by atoms with E-state index in [1.807, 2.05) is 54.6 Å². The highest BCUT2D eigenvalue weighted by Crippen LogP contribution is 2.21. The lowest BCUT2D eigenvalue weighted by Gasteiger charge is -2.25. The number of esters is 2. The van der Waals surface area contributed by atoms with Crippen LogP contribution in [0.4, 0.5) is 0 Å². The zero-order valence-corrected chi connectivity index (χ0v) is 26.3. The zero-order valence-electron chi connectivity index (χ0n) is 26.3. The molecule has 9 heteroatoms. The van der Waals surface area contributed by atoms with Crippen LogP contribution in [-0.4, -0.2) is 54.6 Å². The molecule has 2 aromatic rings. The Morgan fingerprint density at radius 2 is 1.44 bits per heavy atom. The van der Waals surface area contributed by atoms with E-state index < -0.39 is 29.4 Å². The van der Waals surface area contributed by atoms with Crippen molar-refractivity contribution >= 4 is 23.8 Å². The summed E-state index contributed by atoms with van der Waals surface area (Å²) in [5, 5.41) is 5.74. The Labute approximate surface area is 256 Å². The van der Waals surface area contributed by atoms with Gasteiger partial charge in [0, 0.05) is 18.9 Å². The first kappa shape index (κ1) is 35.5. The predicted octanol–water partition coefficient (Wildman–Crippen LogP) is 4.71. The van der Waals surface area contributed by atoms with Crippen molar-refractivity contribution in [2.75, 3.05) is 13.2 Å². The summed E-state index contributed by atoms with van der Waals surface area (Å²) in [6.07, 6.45) is 2.53. The summed E-state index contributed by atoms with van der Waals surface area (Å²) in [6, 6.07) is 17.0. The molecule has 3 atom stereocenters. The normalized spacial score (nSPS) is 13.3. The third-order valence-corrected chi connectivity index (χ3v) is 6.79. The van der Waals surface area contributed by atoms with E-state index in [0.717, 1.165) is 23.1 Å². The summed E-state index contributed by atoms with van der Waals surface area (Å²) < 4.78 is 10.6. The van der Waals surface area contributed by atoms with Crippen molar-refractivity contribution in [2.24, 2.45) is 11.7 Å². The molecule has 2 aromatic carbocycles. The van der Waals surface area contributed by atoms with Gasteiger partial charge in [0.25, 0.3) is 0 Å². The average Bonchev–Trinajstić information content (AvgIpc) is 2.95. The molecule has 0 saturated heterocycles. The standard InChI is InChI=1S/C34H49N3O6/c1-6-42-32(40)24(2)22-28(23-25-15-17-27(18-16-25)26-12-8-7-9-13-26)36-30(38)19-20-31(39)37-29(14-10-11-21-35)33(41)43-34(3,4)5/h7-9,12-13,15-18,24,28-29H,6,10-11,14,19-23,35H2,1-5H3,(H,36,38)(H,37,39). The smallest absolute Gasteiger partial charge is 0.329 e. The molecule has 0 fully saturated rings. The van der Waals surface area contributed by atoms with Gasteiger partial charge >= 0.3 is 11.9 Å². The molecule has 4 N–H and O–H groups in total. The molecule has 0 radical (unpaired) electrons. The summed E-state index contributed by atoms with van der Waals surface area (Å²) in [4.78, 5) is 50.7. The van der Waals surface area contributed by atoms with Crippen molar-refractivity contribution in [1.82, 2.24) is 10.6 Å². The largest absolute Gasteiger partial charge is 0.466 e. The molecule has 236 valence electrons. The van der Waals surface area contributed by atoms with Gasteiger partial charge in [-0.1, -0.05) is 61.5 Å². The topological polar surface area (TPSA) is 137 Å². The molecule has 0 saturated carbocycles. The van der Waals surface area contributed by atoms with E-state index in [1.54, 1.807) is 34.6 Å². The molecule has 2 rings (SSSR count). The summed E-state index contributed by atoms with van der Waals surface area (Å²) in [5.41, 5.74) is 8.10. The van der Waals surface area contributed by atoms with E-state index >= 15 is 0 Å². The lowest BCUT2D eigenvalue weighted by atomic mass is 9.94. The van der Waals surface area contributed by atoms with Crippen molar-refractivity contribution in [3.8, 4) is 11.1 Å². The Bertz CT molecular complexity index is 1160. The van der Waals surface area contributed by atoms with Crippen LogP contribution in [0.5, 0.6) is 0 Å². The number of benzene rings is 2. The van der Waals surface area contributed by atoms with Gasteiger partial charge in [0.1, 0.15) is 11.6 Å². The maximum Gasteiger partial charge on any atom is 0.329 e. The Morgan fingerprint density at radius 3 is 2.02 bits per heavy atom. The van der Waals surface area contributed by atoms with Gasteiger partial charge in [0.2, 0.25) is 11.8 Å². The summed E-state index contributed by atoms with van der Waals surface area (Å²) in [6.45, 7) is 9.62. The SMILES string of the molecule is CCOC(=O)C(C)CC(Cc1ccc(-c2ccccc2)cc1)NC(=O)CCC(=O)NC(CCCCN)C(=O)OC(C)(C)C. The third-order valence-electron chi connectivity index (χ3n) is 6.79. The van der Waals surface area contributed by atoms with Gasteiger partial charge in [-0.25, -0.2) is 4.79 Å². The highest BCUT2D eigenvalue weighted by molar-refractivity contribution is 5.87. The molecule has 43 heavy (non-hydrogen) atoms. The molecule has 0 aliphatic rings. The fourth-order valence-corrected chi connectivity index (χ4v) is 4.66. The van der Waals surface area contributed by atoms with Crippen LogP contribution in [0.2, 0.25) is 0 Å². The van der Waals surface area contributed by atoms with Crippen molar-refractivity contribution in [1.29, 1.82) is 0 Å². The van der Waals surface area contributed by atoms with Gasteiger partial charge in [0.05, 0.1) is 12.5 Å². The lowest BCUT2D eigenvalue weighted by Crippen LogP contribution is -2.44. The number of carbonyl (C=O) groups is 4. The molecule has 0 heterocycles. The van der Waals surface area contributed by atoms with Gasteiger partial charge in [-0.15, -0.1) is 0 Å². The number of hydrogen-bond acceptors (Lipinski definition) is 7. The Balaban J connectivity index is 2.03. The van der Waals surface area contributed by atoms with Crippen LogP contribution in [0.3, 0.4) is 0 Å². The molecular weight excluding hydrogens is 546 g/mol. The number of hydrogen-bond donors (Lipinski definition) is 3. The maximum absolute atomic E-state index is 13.0. The van der Waals surface area contributed by atoms with Crippen molar-refractivity contribution in [3.05, 3.63) is 60.2 Å². The number of amides is 2. The monoisotopic (exact) mass is 595 g/mol. The molecule has 0 spiro atoms. The first-order chi connectivity index (χ1) is 20.4. The Morgan fingerprint density at radius 1 is 0.837 bits per heavy atom. The number of rotatable bonds is 17. The molecule has 3 unspecified atom stereocenters. The van der Waals surface area contributed by atoms with Gasteiger partial charge in [-0.3, -0.25) is 14.4 Å². The second-order valence-electron chi connectivity index (χ2n) is 11.9. The fourth-order valence-electron chi connectivity index (χ4n) is 4.66. The number of unbranched alkanes of at least 4 members (excludes halogenated alkanes) is 1. The van der Waals surface area contributed by atoms with Crippen molar-refractivity contribution < 1.29 is 28.7 Å². The number of nitrogens with two attached hydrogens (primary N) is 1. The molecule has 0 aromatic heterocycles. The first-order valence-corrected chi connectivity index (χ1v) is 15.2. The summed E-state index contributed by atoms with van der Waals surface area (Å²) >= 11 is 0. The van der Waals surface area contributed by atoms with E-state index in [-0.39, 0.29) is 37.4 Å². The van der Waals surface area contributed by atoms with Crippen molar-refractivity contribution in [2.45, 2.75) is 97.2 Å². The molecule has 9 nitrogen and oxygen atoms in total. The summed E-state index contributed by atoms with van der Waals surface area (Å²) in [5.74, 6) is -1.96. The Hall–Kier alpha value is -3.72. The van der Waals surface area contributed by atoms with E-state index in [4.69, 9.17) is 15.2 Å². The van der Waals surface area contributed by atoms with Gasteiger partial charge in [0.15, 0.2) is 0 Å². The fraction of sp³-hybridized carbons (Fsp3) is 0.529. The van der Waals surface area contributed by atoms with Gasteiger partial charge < -0.3 is 25.8 Å². The second-order valence-corrected chi connectivity index (χ2v) is 11.9. The predicted molar refractivity (Wildman–Crippen MR) is 168 cm³/mol. The Kier molecular flexibility index (Phi) is 14.9. The van der Waals surface area contributed by atoms with Crippen LogP contribution in [0.1, 0.15) is 78.7 Å². The van der Waals surface area contributed by atoms with E-state index in [0.29, 0.717) is 32.2 Å². The first-order valence-electron chi connectivity index (χ1n) is 15.2. The summed E-state index contributed by atoms with van der Waals surface area (Å²) in [7, 11) is 0. The quantitative estimate of drug-likeness (QED) is 0.178.